The molecular formula is C16H12N4OS2. The van der Waals surface area contributed by atoms with Crippen LogP contribution < -0.4 is 0 Å². The van der Waals surface area contributed by atoms with Gasteiger partial charge in [-0.2, -0.15) is 10.2 Å². The van der Waals surface area contributed by atoms with Gasteiger partial charge in [0.05, 0.1) is 11.3 Å². The summed E-state index contributed by atoms with van der Waals surface area (Å²) in [6, 6.07) is 13.6. The molecule has 0 atom stereocenters. The number of hydrogen-bond donors (Lipinski definition) is 0. The fourth-order valence-electron chi connectivity index (χ4n) is 1.89. The zero-order chi connectivity index (χ0) is 16.1. The second kappa shape index (κ2) is 7.31. The smallest absolute Gasteiger partial charge is 0.237 e. The van der Waals surface area contributed by atoms with E-state index in [9.17, 15) is 0 Å². The molecule has 0 radical (unpaired) electrons. The summed E-state index contributed by atoms with van der Waals surface area (Å²) in [6.07, 6.45) is 3.70. The Hall–Kier alpha value is -2.30. The molecular weight excluding hydrogens is 328 g/mol. The molecule has 0 N–H and O–H groups in total. The van der Waals surface area contributed by atoms with Crippen molar-refractivity contribution in [2.75, 3.05) is 6.26 Å². The number of pyridine rings is 1. The van der Waals surface area contributed by atoms with Crippen LogP contribution in [-0.4, -0.2) is 21.4 Å². The molecule has 7 heteroatoms. The molecule has 0 aliphatic carbocycles. The number of benzene rings is 1. The lowest BCUT2D eigenvalue weighted by molar-refractivity contribution is 0.391. The van der Waals surface area contributed by atoms with Crippen LogP contribution in [0.3, 0.4) is 0 Å². The third-order valence-corrected chi connectivity index (χ3v) is 4.77. The lowest BCUT2D eigenvalue weighted by atomic mass is 10.2. The Bertz CT molecular complexity index is 840. The van der Waals surface area contributed by atoms with Crippen molar-refractivity contribution in [1.29, 1.82) is 5.26 Å². The maximum atomic E-state index is 9.05. The molecule has 23 heavy (non-hydrogen) atoms. The Morgan fingerprint density at radius 2 is 2.04 bits per heavy atom. The van der Waals surface area contributed by atoms with Crippen molar-refractivity contribution in [3.63, 3.8) is 0 Å². The van der Waals surface area contributed by atoms with Gasteiger partial charge < -0.3 is 4.52 Å². The van der Waals surface area contributed by atoms with E-state index >= 15 is 0 Å². The van der Waals surface area contributed by atoms with Gasteiger partial charge in [-0.05, 0) is 42.7 Å². The minimum Gasteiger partial charge on any atom is -0.338 e. The van der Waals surface area contributed by atoms with Gasteiger partial charge >= 0.3 is 0 Å². The highest BCUT2D eigenvalue weighted by atomic mass is 32.2. The predicted octanol–water partition coefficient (Wildman–Crippen LogP) is 4.02. The van der Waals surface area contributed by atoms with Crippen molar-refractivity contribution in [1.82, 2.24) is 15.1 Å². The number of hydrogen-bond acceptors (Lipinski definition) is 7. The van der Waals surface area contributed by atoms with E-state index < -0.39 is 0 Å². The minimum absolute atomic E-state index is 0.474. The van der Waals surface area contributed by atoms with E-state index in [1.165, 1.54) is 16.7 Å². The minimum atomic E-state index is 0.474. The Morgan fingerprint density at radius 3 is 2.78 bits per heavy atom. The summed E-state index contributed by atoms with van der Waals surface area (Å²) in [6.45, 7) is 0. The SMILES string of the molecule is CSc1ccc(-c2noc(CSc3ncccc3C#N)n2)cc1. The number of nitriles is 1. The molecule has 0 saturated carbocycles. The van der Waals surface area contributed by atoms with E-state index in [1.807, 2.05) is 30.5 Å². The van der Waals surface area contributed by atoms with Crippen molar-refractivity contribution in [3.05, 3.63) is 54.0 Å². The standard InChI is InChI=1S/C16H12N4OS2/c1-22-13-6-4-11(5-7-13)15-19-14(21-20-15)10-23-16-12(9-17)3-2-8-18-16/h2-8H,10H2,1H3. The first-order valence-electron chi connectivity index (χ1n) is 6.75. The van der Waals surface area contributed by atoms with Gasteiger partial charge in [-0.25, -0.2) is 4.98 Å². The van der Waals surface area contributed by atoms with Crippen LogP contribution in [0.25, 0.3) is 11.4 Å². The van der Waals surface area contributed by atoms with Crippen LogP contribution >= 0.6 is 23.5 Å². The maximum absolute atomic E-state index is 9.05. The average Bonchev–Trinajstić information content (AvgIpc) is 3.09. The van der Waals surface area contributed by atoms with Gasteiger partial charge in [-0.1, -0.05) is 16.9 Å². The maximum Gasteiger partial charge on any atom is 0.237 e. The van der Waals surface area contributed by atoms with E-state index in [1.54, 1.807) is 30.1 Å². The first-order valence-corrected chi connectivity index (χ1v) is 8.96. The number of rotatable bonds is 5. The molecule has 1 aromatic carbocycles. The van der Waals surface area contributed by atoms with Crippen LogP contribution in [0, 0.1) is 11.3 Å². The van der Waals surface area contributed by atoms with Crippen molar-refractivity contribution >= 4 is 23.5 Å². The molecule has 0 fully saturated rings. The normalized spacial score (nSPS) is 10.4. The highest BCUT2D eigenvalue weighted by Gasteiger charge is 2.11. The molecule has 2 heterocycles. The van der Waals surface area contributed by atoms with Gasteiger partial charge in [0.15, 0.2) is 0 Å². The third kappa shape index (κ3) is 3.73. The molecule has 0 saturated heterocycles. The summed E-state index contributed by atoms with van der Waals surface area (Å²) in [5, 5.41) is 13.7. The fourth-order valence-corrected chi connectivity index (χ4v) is 3.08. The zero-order valence-corrected chi connectivity index (χ0v) is 13.9. The van der Waals surface area contributed by atoms with Crippen LogP contribution in [0.15, 0.2) is 57.0 Å². The quantitative estimate of drug-likeness (QED) is 0.649. The second-order valence-electron chi connectivity index (χ2n) is 4.50. The molecule has 114 valence electrons. The summed E-state index contributed by atoms with van der Waals surface area (Å²) in [5.41, 5.74) is 1.46. The Labute approximate surface area is 142 Å². The van der Waals surface area contributed by atoms with Crippen LogP contribution in [0.5, 0.6) is 0 Å². The molecule has 0 aliphatic rings. The molecule has 0 unspecified atom stereocenters. The molecule has 2 aromatic heterocycles. The monoisotopic (exact) mass is 340 g/mol. The largest absolute Gasteiger partial charge is 0.338 e. The van der Waals surface area contributed by atoms with Crippen LogP contribution in [-0.2, 0) is 5.75 Å². The van der Waals surface area contributed by atoms with E-state index in [0.29, 0.717) is 28.1 Å². The van der Waals surface area contributed by atoms with Crippen molar-refractivity contribution < 1.29 is 4.52 Å². The highest BCUT2D eigenvalue weighted by Crippen LogP contribution is 2.25. The van der Waals surface area contributed by atoms with E-state index in [2.05, 4.69) is 21.2 Å². The summed E-state index contributed by atoms with van der Waals surface area (Å²) >= 11 is 3.09. The molecule has 3 rings (SSSR count). The molecule has 5 nitrogen and oxygen atoms in total. The molecule has 3 aromatic rings. The number of nitrogens with zero attached hydrogens (tertiary/aromatic N) is 4. The van der Waals surface area contributed by atoms with Crippen LogP contribution in [0.4, 0.5) is 0 Å². The lowest BCUT2D eigenvalue weighted by Crippen LogP contribution is -1.87. The van der Waals surface area contributed by atoms with Crippen LogP contribution in [0.1, 0.15) is 11.5 Å². The van der Waals surface area contributed by atoms with Crippen molar-refractivity contribution in [3.8, 4) is 17.5 Å². The Balaban J connectivity index is 1.71. The van der Waals surface area contributed by atoms with E-state index in [-0.39, 0.29) is 0 Å². The van der Waals surface area contributed by atoms with Crippen molar-refractivity contribution in [2.24, 2.45) is 0 Å². The van der Waals surface area contributed by atoms with Gasteiger partial charge in [-0.15, -0.1) is 11.8 Å². The predicted molar refractivity (Wildman–Crippen MR) is 90.0 cm³/mol. The van der Waals surface area contributed by atoms with E-state index in [0.717, 1.165) is 5.56 Å². The lowest BCUT2D eigenvalue weighted by Gasteiger charge is -1.99. The van der Waals surface area contributed by atoms with Crippen molar-refractivity contribution in [2.45, 2.75) is 15.7 Å². The van der Waals surface area contributed by atoms with Gasteiger partial charge in [0.2, 0.25) is 11.7 Å². The fraction of sp³-hybridized carbons (Fsp3) is 0.125. The van der Waals surface area contributed by atoms with Gasteiger partial charge in [0, 0.05) is 16.7 Å². The number of thioether (sulfide) groups is 2. The topological polar surface area (TPSA) is 75.6 Å². The zero-order valence-electron chi connectivity index (χ0n) is 12.3. The summed E-state index contributed by atoms with van der Waals surface area (Å²) in [4.78, 5) is 9.77. The van der Waals surface area contributed by atoms with E-state index in [4.69, 9.17) is 9.78 Å². The average molecular weight is 340 g/mol. The number of aromatic nitrogens is 3. The summed E-state index contributed by atoms with van der Waals surface area (Å²) < 4.78 is 5.27. The molecule has 0 aliphatic heterocycles. The Kier molecular flexibility index (Phi) is 4.95. The molecule has 0 amide bonds. The van der Waals surface area contributed by atoms with Gasteiger partial charge in [-0.3, -0.25) is 0 Å². The van der Waals surface area contributed by atoms with Crippen LogP contribution in [0.2, 0.25) is 0 Å². The summed E-state index contributed by atoms with van der Waals surface area (Å²) in [7, 11) is 0. The third-order valence-electron chi connectivity index (χ3n) is 3.04. The second-order valence-corrected chi connectivity index (χ2v) is 6.34. The van der Waals surface area contributed by atoms with Gasteiger partial charge in [0.25, 0.3) is 0 Å². The first kappa shape index (κ1) is 15.6. The van der Waals surface area contributed by atoms with Gasteiger partial charge in [0.1, 0.15) is 11.1 Å². The Morgan fingerprint density at radius 1 is 1.22 bits per heavy atom. The summed E-state index contributed by atoms with van der Waals surface area (Å²) in [5.74, 6) is 1.55. The highest BCUT2D eigenvalue weighted by molar-refractivity contribution is 7.98. The molecule has 0 bridgehead atoms. The molecule has 0 spiro atoms. The first-order chi connectivity index (χ1) is 11.3.